The number of oxime groups is 1. The summed E-state index contributed by atoms with van der Waals surface area (Å²) >= 11 is 0. The SMILES string of the molecule is CC/C(=N\O)C(CC)(OS(=O)(=O)O)C(C)(C)C. The zero-order chi connectivity index (χ0) is 13.9. The van der Waals surface area contributed by atoms with Crippen LogP contribution in [0.5, 0.6) is 0 Å². The molecule has 7 heteroatoms. The number of nitrogens with zero attached hydrogens (tertiary/aromatic N) is 1. The van der Waals surface area contributed by atoms with E-state index in [1.807, 2.05) is 0 Å². The second-order valence-corrected chi connectivity index (χ2v) is 5.86. The minimum atomic E-state index is -4.63. The van der Waals surface area contributed by atoms with Crippen molar-refractivity contribution >= 4 is 16.1 Å². The molecule has 0 aromatic heterocycles. The molecule has 0 rings (SSSR count). The van der Waals surface area contributed by atoms with Crippen molar-refractivity contribution in [3.63, 3.8) is 0 Å². The standard InChI is InChI=1S/C10H21NO5S/c1-6-8(11-12)10(7-2,9(3,4)5)16-17(13,14)15/h12H,6-7H2,1-5H3,(H,13,14,15)/b11-8+. The van der Waals surface area contributed by atoms with Gasteiger partial charge in [-0.3, -0.25) is 4.55 Å². The molecular weight excluding hydrogens is 246 g/mol. The normalized spacial score (nSPS) is 17.9. The van der Waals surface area contributed by atoms with Gasteiger partial charge in [-0.2, -0.15) is 8.42 Å². The smallest absolute Gasteiger partial charge is 0.398 e. The average Bonchev–Trinajstić information content (AvgIpc) is 2.14. The van der Waals surface area contributed by atoms with Crippen molar-refractivity contribution in [2.75, 3.05) is 0 Å². The van der Waals surface area contributed by atoms with E-state index in [2.05, 4.69) is 5.16 Å². The largest absolute Gasteiger partial charge is 0.411 e. The highest BCUT2D eigenvalue weighted by molar-refractivity contribution is 7.81. The molecule has 0 heterocycles. The van der Waals surface area contributed by atoms with E-state index in [0.717, 1.165) is 0 Å². The van der Waals surface area contributed by atoms with Gasteiger partial charge in [0.2, 0.25) is 0 Å². The molecule has 2 N–H and O–H groups in total. The Morgan fingerprint density at radius 3 is 1.94 bits per heavy atom. The lowest BCUT2D eigenvalue weighted by Gasteiger charge is -2.42. The van der Waals surface area contributed by atoms with E-state index in [0.29, 0.717) is 6.42 Å². The van der Waals surface area contributed by atoms with Gasteiger partial charge in [0.05, 0.1) is 5.71 Å². The third kappa shape index (κ3) is 3.65. The molecule has 0 radical (unpaired) electrons. The van der Waals surface area contributed by atoms with E-state index in [1.165, 1.54) is 0 Å². The molecule has 0 fully saturated rings. The van der Waals surface area contributed by atoms with Crippen LogP contribution in [-0.2, 0) is 14.6 Å². The maximum atomic E-state index is 11.0. The molecule has 0 saturated heterocycles. The van der Waals surface area contributed by atoms with Gasteiger partial charge in [-0.1, -0.05) is 39.8 Å². The Kier molecular flexibility index (Phi) is 5.12. The molecule has 102 valence electrons. The fraction of sp³-hybridized carbons (Fsp3) is 0.900. The molecule has 1 unspecified atom stereocenters. The summed E-state index contributed by atoms with van der Waals surface area (Å²) in [5, 5.41) is 12.1. The minimum absolute atomic E-state index is 0.185. The Morgan fingerprint density at radius 2 is 1.76 bits per heavy atom. The van der Waals surface area contributed by atoms with Crippen molar-refractivity contribution in [3.05, 3.63) is 0 Å². The second kappa shape index (κ2) is 5.32. The number of hydrogen-bond acceptors (Lipinski definition) is 5. The highest BCUT2D eigenvalue weighted by Gasteiger charge is 2.49. The molecule has 1 atom stereocenters. The van der Waals surface area contributed by atoms with Crippen LogP contribution in [0.4, 0.5) is 0 Å². The van der Waals surface area contributed by atoms with Gasteiger partial charge in [0.25, 0.3) is 0 Å². The van der Waals surface area contributed by atoms with Crippen molar-refractivity contribution in [3.8, 4) is 0 Å². The summed E-state index contributed by atoms with van der Waals surface area (Å²) in [5.41, 5.74) is -1.83. The van der Waals surface area contributed by atoms with Gasteiger partial charge in [-0.25, -0.2) is 4.18 Å². The lowest BCUT2D eigenvalue weighted by Crippen LogP contribution is -2.52. The van der Waals surface area contributed by atoms with Crippen molar-refractivity contribution in [1.82, 2.24) is 0 Å². The van der Waals surface area contributed by atoms with Gasteiger partial charge < -0.3 is 5.21 Å². The van der Waals surface area contributed by atoms with E-state index in [-0.39, 0.29) is 12.1 Å². The van der Waals surface area contributed by atoms with Gasteiger partial charge in [-0.15, -0.1) is 0 Å². The second-order valence-electron chi connectivity index (χ2n) is 4.84. The Balaban J connectivity index is 5.80. The Hall–Kier alpha value is -0.660. The van der Waals surface area contributed by atoms with Crippen LogP contribution in [0.2, 0.25) is 0 Å². The van der Waals surface area contributed by atoms with Crippen molar-refractivity contribution in [2.24, 2.45) is 10.6 Å². The van der Waals surface area contributed by atoms with Crippen LogP contribution in [0.3, 0.4) is 0 Å². The topological polar surface area (TPSA) is 96.2 Å². The molecule has 17 heavy (non-hydrogen) atoms. The quantitative estimate of drug-likeness (QED) is 0.344. The molecular formula is C10H21NO5S. The summed E-state index contributed by atoms with van der Waals surface area (Å²) in [6.07, 6.45) is 0.570. The van der Waals surface area contributed by atoms with Crippen molar-refractivity contribution in [1.29, 1.82) is 0 Å². The Morgan fingerprint density at radius 1 is 1.29 bits per heavy atom. The van der Waals surface area contributed by atoms with Crippen molar-refractivity contribution < 1.29 is 22.4 Å². The minimum Gasteiger partial charge on any atom is -0.411 e. The summed E-state index contributed by atoms with van der Waals surface area (Å²) < 4.78 is 35.7. The Bertz CT molecular complexity index is 382. The molecule has 6 nitrogen and oxygen atoms in total. The van der Waals surface area contributed by atoms with Crippen molar-refractivity contribution in [2.45, 2.75) is 53.1 Å². The third-order valence-corrected chi connectivity index (χ3v) is 3.37. The van der Waals surface area contributed by atoms with Gasteiger partial charge in [0.15, 0.2) is 0 Å². The summed E-state index contributed by atoms with van der Waals surface area (Å²) in [5.74, 6) is 0. The zero-order valence-electron chi connectivity index (χ0n) is 10.9. The summed E-state index contributed by atoms with van der Waals surface area (Å²) in [6.45, 7) is 8.68. The van der Waals surface area contributed by atoms with E-state index in [9.17, 15) is 8.42 Å². The molecule has 0 spiro atoms. The predicted molar refractivity (Wildman–Crippen MR) is 64.6 cm³/mol. The van der Waals surface area contributed by atoms with Gasteiger partial charge in [0, 0.05) is 0 Å². The fourth-order valence-electron chi connectivity index (χ4n) is 2.02. The lowest BCUT2D eigenvalue weighted by molar-refractivity contribution is 0.0180. The summed E-state index contributed by atoms with van der Waals surface area (Å²) in [7, 11) is -4.63. The van der Waals surface area contributed by atoms with Crippen LogP contribution >= 0.6 is 0 Å². The van der Waals surface area contributed by atoms with Crippen LogP contribution in [0.15, 0.2) is 5.16 Å². The highest BCUT2D eigenvalue weighted by Crippen LogP contribution is 2.40. The lowest BCUT2D eigenvalue weighted by atomic mass is 9.71. The maximum Gasteiger partial charge on any atom is 0.398 e. The molecule has 0 amide bonds. The Labute approximate surface area is 103 Å². The van der Waals surface area contributed by atoms with E-state index in [4.69, 9.17) is 13.9 Å². The van der Waals surface area contributed by atoms with Gasteiger partial charge in [0.1, 0.15) is 5.60 Å². The average molecular weight is 267 g/mol. The first-order valence-electron chi connectivity index (χ1n) is 5.43. The van der Waals surface area contributed by atoms with Crippen LogP contribution < -0.4 is 0 Å². The molecule has 0 aromatic rings. The third-order valence-electron chi connectivity index (χ3n) is 2.88. The molecule has 0 saturated carbocycles. The number of rotatable bonds is 5. The predicted octanol–water partition coefficient (Wildman–Crippen LogP) is 2.24. The first-order valence-corrected chi connectivity index (χ1v) is 6.80. The fourth-order valence-corrected chi connectivity index (χ4v) is 2.84. The van der Waals surface area contributed by atoms with Crippen LogP contribution in [0.25, 0.3) is 0 Å². The molecule has 0 aliphatic rings. The van der Waals surface area contributed by atoms with Crippen LogP contribution in [0, 0.1) is 5.41 Å². The zero-order valence-corrected chi connectivity index (χ0v) is 11.7. The molecule has 0 aliphatic heterocycles. The highest BCUT2D eigenvalue weighted by atomic mass is 32.3. The van der Waals surface area contributed by atoms with Gasteiger partial charge in [-0.05, 0) is 18.3 Å². The number of hydrogen-bond donors (Lipinski definition) is 2. The van der Waals surface area contributed by atoms with E-state index >= 15 is 0 Å². The summed E-state index contributed by atoms with van der Waals surface area (Å²) in [6, 6.07) is 0. The molecule has 0 aliphatic carbocycles. The van der Waals surface area contributed by atoms with Gasteiger partial charge >= 0.3 is 10.4 Å². The van der Waals surface area contributed by atoms with Crippen LogP contribution in [0.1, 0.15) is 47.5 Å². The summed E-state index contributed by atoms with van der Waals surface area (Å²) in [4.78, 5) is 0. The first-order chi connectivity index (χ1) is 7.54. The van der Waals surface area contributed by atoms with E-state index < -0.39 is 21.4 Å². The molecule has 0 bridgehead atoms. The molecule has 0 aromatic carbocycles. The van der Waals surface area contributed by atoms with E-state index in [1.54, 1.807) is 34.6 Å². The monoisotopic (exact) mass is 267 g/mol. The first kappa shape index (κ1) is 16.3. The van der Waals surface area contributed by atoms with Crippen LogP contribution in [-0.4, -0.2) is 29.5 Å². The maximum absolute atomic E-state index is 11.0.